The molecule has 0 aliphatic heterocycles. The van der Waals surface area contributed by atoms with Crippen LogP contribution in [0.15, 0.2) is 29.2 Å². The average molecular weight is 300 g/mol. The van der Waals surface area contributed by atoms with Crippen LogP contribution in [-0.2, 0) is 19.6 Å². The first kappa shape index (κ1) is 16.1. The second-order valence-corrected chi connectivity index (χ2v) is 6.22. The van der Waals surface area contributed by atoms with Crippen molar-refractivity contribution in [3.05, 3.63) is 29.8 Å². The number of rotatable bonds is 5. The monoisotopic (exact) mass is 300 g/mol. The number of nitrogens with one attached hydrogen (secondary N) is 1. The molecule has 0 aromatic heterocycles. The van der Waals surface area contributed by atoms with Gasteiger partial charge in [-0.2, -0.15) is 0 Å². The molecule has 1 N–H and O–H groups in total. The number of esters is 1. The standard InChI is InChI=1S/C12H16N2O5S/c1-14(2)20(17,18)10-6-4-9(5-7-10)12(16)13-8-11(15)19-3/h4-7H,8H2,1-3H3,(H,13,16). The van der Waals surface area contributed by atoms with E-state index in [1.807, 2.05) is 0 Å². The maximum absolute atomic E-state index is 11.8. The van der Waals surface area contributed by atoms with Gasteiger partial charge in [0.15, 0.2) is 0 Å². The van der Waals surface area contributed by atoms with Crippen molar-refractivity contribution in [3.8, 4) is 0 Å². The van der Waals surface area contributed by atoms with Gasteiger partial charge in [0.25, 0.3) is 5.91 Å². The first-order valence-electron chi connectivity index (χ1n) is 5.66. The maximum Gasteiger partial charge on any atom is 0.325 e. The van der Waals surface area contributed by atoms with Crippen molar-refractivity contribution in [2.75, 3.05) is 27.7 Å². The number of hydrogen-bond acceptors (Lipinski definition) is 5. The molecule has 0 atom stereocenters. The second kappa shape index (κ2) is 6.49. The van der Waals surface area contributed by atoms with E-state index in [0.717, 1.165) is 4.31 Å². The SMILES string of the molecule is COC(=O)CNC(=O)c1ccc(S(=O)(=O)N(C)C)cc1. The molecule has 0 fully saturated rings. The third kappa shape index (κ3) is 3.78. The van der Waals surface area contributed by atoms with E-state index in [-0.39, 0.29) is 17.0 Å². The fraction of sp³-hybridized carbons (Fsp3) is 0.333. The molecule has 0 saturated carbocycles. The lowest BCUT2D eigenvalue weighted by Crippen LogP contribution is -2.30. The van der Waals surface area contributed by atoms with Gasteiger partial charge in [-0.15, -0.1) is 0 Å². The molecule has 20 heavy (non-hydrogen) atoms. The smallest absolute Gasteiger partial charge is 0.325 e. The summed E-state index contributed by atoms with van der Waals surface area (Å²) < 4.78 is 29.1. The Bertz CT molecular complexity index is 593. The molecule has 1 aromatic carbocycles. The van der Waals surface area contributed by atoms with Gasteiger partial charge in [0.05, 0.1) is 12.0 Å². The molecular formula is C12H16N2O5S. The number of sulfonamides is 1. The van der Waals surface area contributed by atoms with Crippen LogP contribution in [-0.4, -0.2) is 52.3 Å². The van der Waals surface area contributed by atoms with Crippen molar-refractivity contribution < 1.29 is 22.7 Å². The minimum absolute atomic E-state index is 0.0898. The molecule has 0 saturated heterocycles. The molecule has 0 unspecified atom stereocenters. The van der Waals surface area contributed by atoms with Crippen molar-refractivity contribution in [1.82, 2.24) is 9.62 Å². The van der Waals surface area contributed by atoms with Gasteiger partial charge in [-0.3, -0.25) is 9.59 Å². The van der Waals surface area contributed by atoms with Crippen LogP contribution in [0.1, 0.15) is 10.4 Å². The third-order valence-electron chi connectivity index (χ3n) is 2.52. The van der Waals surface area contributed by atoms with Crippen molar-refractivity contribution in [1.29, 1.82) is 0 Å². The lowest BCUT2D eigenvalue weighted by Gasteiger charge is -2.11. The molecule has 0 aliphatic carbocycles. The van der Waals surface area contributed by atoms with E-state index < -0.39 is 21.9 Å². The fourth-order valence-corrected chi connectivity index (χ4v) is 2.22. The molecule has 0 bridgehead atoms. The average Bonchev–Trinajstić information content (AvgIpc) is 2.44. The van der Waals surface area contributed by atoms with Crippen LogP contribution in [0.5, 0.6) is 0 Å². The Balaban J connectivity index is 2.82. The molecule has 110 valence electrons. The number of hydrogen-bond donors (Lipinski definition) is 1. The Hall–Kier alpha value is -1.93. The largest absolute Gasteiger partial charge is 0.468 e. The van der Waals surface area contributed by atoms with Crippen LogP contribution in [0.2, 0.25) is 0 Å². The quantitative estimate of drug-likeness (QED) is 0.763. The van der Waals surface area contributed by atoms with Crippen LogP contribution < -0.4 is 5.32 Å². The second-order valence-electron chi connectivity index (χ2n) is 4.07. The molecular weight excluding hydrogens is 284 g/mol. The Morgan fingerprint density at radius 1 is 1.20 bits per heavy atom. The predicted molar refractivity (Wildman–Crippen MR) is 71.7 cm³/mol. The van der Waals surface area contributed by atoms with E-state index in [0.29, 0.717) is 0 Å². The molecule has 0 heterocycles. The van der Waals surface area contributed by atoms with E-state index >= 15 is 0 Å². The normalized spacial score (nSPS) is 11.2. The molecule has 1 aromatic rings. The summed E-state index contributed by atoms with van der Waals surface area (Å²) in [6.45, 7) is -0.243. The molecule has 8 heteroatoms. The van der Waals surface area contributed by atoms with E-state index in [4.69, 9.17) is 0 Å². The summed E-state index contributed by atoms with van der Waals surface area (Å²) in [4.78, 5) is 22.7. The Morgan fingerprint density at radius 3 is 2.20 bits per heavy atom. The third-order valence-corrected chi connectivity index (χ3v) is 4.35. The number of carbonyl (C=O) groups is 2. The van der Waals surface area contributed by atoms with Crippen LogP contribution in [0.3, 0.4) is 0 Å². The lowest BCUT2D eigenvalue weighted by atomic mass is 10.2. The van der Waals surface area contributed by atoms with Crippen LogP contribution in [0.25, 0.3) is 0 Å². The van der Waals surface area contributed by atoms with Gasteiger partial charge in [0, 0.05) is 19.7 Å². The molecule has 1 amide bonds. The predicted octanol–water partition coefficient (Wildman–Crippen LogP) is -0.160. The van der Waals surface area contributed by atoms with Gasteiger partial charge in [-0.05, 0) is 24.3 Å². The van der Waals surface area contributed by atoms with E-state index in [1.54, 1.807) is 0 Å². The molecule has 0 radical (unpaired) electrons. The fourth-order valence-electron chi connectivity index (χ4n) is 1.32. The van der Waals surface area contributed by atoms with Gasteiger partial charge in [0.1, 0.15) is 6.54 Å². The van der Waals surface area contributed by atoms with Gasteiger partial charge in [-0.25, -0.2) is 12.7 Å². The number of carbonyl (C=O) groups excluding carboxylic acids is 2. The van der Waals surface area contributed by atoms with Crippen LogP contribution in [0.4, 0.5) is 0 Å². The van der Waals surface area contributed by atoms with Gasteiger partial charge >= 0.3 is 5.97 Å². The highest BCUT2D eigenvalue weighted by Gasteiger charge is 2.17. The van der Waals surface area contributed by atoms with Crippen LogP contribution >= 0.6 is 0 Å². The summed E-state index contributed by atoms with van der Waals surface area (Å²) in [5, 5.41) is 2.36. The number of ether oxygens (including phenoxy) is 1. The van der Waals surface area contributed by atoms with Gasteiger partial charge in [0.2, 0.25) is 10.0 Å². The number of amides is 1. The molecule has 1 rings (SSSR count). The highest BCUT2D eigenvalue weighted by Crippen LogP contribution is 2.13. The summed E-state index contributed by atoms with van der Waals surface area (Å²) in [7, 11) is 0.542. The minimum atomic E-state index is -3.52. The van der Waals surface area contributed by atoms with Crippen molar-refractivity contribution in [2.24, 2.45) is 0 Å². The Morgan fingerprint density at radius 2 is 1.75 bits per heavy atom. The van der Waals surface area contributed by atoms with E-state index in [2.05, 4.69) is 10.1 Å². The summed E-state index contributed by atoms with van der Waals surface area (Å²) in [6, 6.07) is 5.43. The number of benzene rings is 1. The highest BCUT2D eigenvalue weighted by atomic mass is 32.2. The maximum atomic E-state index is 11.8. The lowest BCUT2D eigenvalue weighted by molar-refractivity contribution is -0.139. The van der Waals surface area contributed by atoms with Gasteiger partial charge < -0.3 is 10.1 Å². The summed E-state index contributed by atoms with van der Waals surface area (Å²) >= 11 is 0. The number of methoxy groups -OCH3 is 1. The first-order chi connectivity index (χ1) is 9.28. The number of nitrogens with zero attached hydrogens (tertiary/aromatic N) is 1. The first-order valence-corrected chi connectivity index (χ1v) is 7.10. The van der Waals surface area contributed by atoms with E-state index in [1.165, 1.54) is 45.5 Å². The highest BCUT2D eigenvalue weighted by molar-refractivity contribution is 7.89. The summed E-state index contributed by atoms with van der Waals surface area (Å²) in [6.07, 6.45) is 0. The zero-order valence-electron chi connectivity index (χ0n) is 11.4. The Kier molecular flexibility index (Phi) is 5.23. The van der Waals surface area contributed by atoms with Gasteiger partial charge in [-0.1, -0.05) is 0 Å². The molecule has 0 aliphatic rings. The van der Waals surface area contributed by atoms with Crippen molar-refractivity contribution in [2.45, 2.75) is 4.90 Å². The van der Waals surface area contributed by atoms with Crippen LogP contribution in [0, 0.1) is 0 Å². The zero-order valence-corrected chi connectivity index (χ0v) is 12.2. The minimum Gasteiger partial charge on any atom is -0.468 e. The summed E-state index contributed by atoms with van der Waals surface area (Å²) in [5.41, 5.74) is 0.256. The van der Waals surface area contributed by atoms with Crippen molar-refractivity contribution >= 4 is 21.9 Å². The Labute approximate surface area is 117 Å². The molecule has 0 spiro atoms. The topological polar surface area (TPSA) is 92.8 Å². The zero-order chi connectivity index (χ0) is 15.3. The molecule has 7 nitrogen and oxygen atoms in total. The summed E-state index contributed by atoms with van der Waals surface area (Å²) in [5.74, 6) is -1.05. The van der Waals surface area contributed by atoms with Crippen molar-refractivity contribution in [3.63, 3.8) is 0 Å². The van der Waals surface area contributed by atoms with E-state index in [9.17, 15) is 18.0 Å².